The first-order valence-corrected chi connectivity index (χ1v) is 7.70. The molecule has 4 nitrogen and oxygen atoms in total. The molecule has 0 fully saturated rings. The van der Waals surface area contributed by atoms with Crippen LogP contribution in [0.3, 0.4) is 0 Å². The fourth-order valence-electron chi connectivity index (χ4n) is 2.61. The Balaban J connectivity index is 2.14. The fraction of sp³-hybridized carbons (Fsp3) is 0.200. The smallest absolute Gasteiger partial charge is 0.244 e. The van der Waals surface area contributed by atoms with E-state index in [-0.39, 0.29) is 6.04 Å². The van der Waals surface area contributed by atoms with Gasteiger partial charge in [-0.2, -0.15) is 4.31 Å². The van der Waals surface area contributed by atoms with Crippen LogP contribution >= 0.6 is 0 Å². The number of sulfonamides is 1. The van der Waals surface area contributed by atoms with Crippen LogP contribution < -0.4 is 4.74 Å². The van der Waals surface area contributed by atoms with Crippen LogP contribution in [0, 0.1) is 0 Å². The molecule has 5 heteroatoms. The average molecular weight is 289 g/mol. The molecule has 0 saturated carbocycles. The molecule has 1 heterocycles. The number of nitrogens with zero attached hydrogens (tertiary/aromatic N) is 1. The number of fused-ring (bicyclic) bond motifs is 1. The minimum absolute atomic E-state index is 0.276. The fourth-order valence-corrected chi connectivity index (χ4v) is 4.16. The Morgan fingerprint density at radius 1 is 1.05 bits per heavy atom. The van der Waals surface area contributed by atoms with E-state index < -0.39 is 10.0 Å². The molecule has 1 aliphatic heterocycles. The lowest BCUT2D eigenvalue weighted by atomic mass is 9.99. The number of hydrogen-bond donors (Lipinski definition) is 0. The highest BCUT2D eigenvalue weighted by atomic mass is 32.2. The van der Waals surface area contributed by atoms with Gasteiger partial charge in [0.25, 0.3) is 0 Å². The van der Waals surface area contributed by atoms with Crippen LogP contribution in [0.4, 0.5) is 0 Å². The lowest BCUT2D eigenvalue weighted by Crippen LogP contribution is -2.24. The van der Waals surface area contributed by atoms with Gasteiger partial charge < -0.3 is 4.74 Å². The van der Waals surface area contributed by atoms with Crippen LogP contribution in [-0.2, 0) is 10.0 Å². The summed E-state index contributed by atoms with van der Waals surface area (Å²) in [5.41, 5.74) is 1.75. The van der Waals surface area contributed by atoms with Crippen LogP contribution in [0.25, 0.3) is 0 Å². The van der Waals surface area contributed by atoms with Gasteiger partial charge in [-0.1, -0.05) is 30.3 Å². The van der Waals surface area contributed by atoms with Crippen LogP contribution in [0.15, 0.2) is 53.4 Å². The lowest BCUT2D eigenvalue weighted by molar-refractivity contribution is 0.413. The van der Waals surface area contributed by atoms with Crippen molar-refractivity contribution < 1.29 is 13.2 Å². The zero-order valence-corrected chi connectivity index (χ0v) is 12.1. The molecule has 104 valence electrons. The molecule has 0 spiro atoms. The van der Waals surface area contributed by atoms with Crippen molar-refractivity contribution >= 4 is 10.0 Å². The minimum atomic E-state index is -3.40. The molecule has 0 saturated heterocycles. The topological polar surface area (TPSA) is 46.6 Å². The molecule has 0 unspecified atom stereocenters. The van der Waals surface area contributed by atoms with E-state index >= 15 is 0 Å². The standard InChI is InChI=1S/C15H15NO3S/c1-16-15(11-7-9-12(19-2)10-8-11)13-5-3-4-6-14(13)20(16,17)18/h3-10,15H,1-2H3/t15-/m1/s1. The van der Waals surface area contributed by atoms with Gasteiger partial charge in [-0.25, -0.2) is 8.42 Å². The summed E-state index contributed by atoms with van der Waals surface area (Å²) in [7, 11) is -0.172. The van der Waals surface area contributed by atoms with Crippen molar-refractivity contribution in [3.8, 4) is 5.75 Å². The van der Waals surface area contributed by atoms with Crippen LogP contribution in [0.2, 0.25) is 0 Å². The second-order valence-electron chi connectivity index (χ2n) is 4.73. The SMILES string of the molecule is COc1ccc([C@@H]2c3ccccc3S(=O)(=O)N2C)cc1. The molecule has 0 bridgehead atoms. The molecule has 2 aromatic rings. The number of hydrogen-bond acceptors (Lipinski definition) is 3. The van der Waals surface area contributed by atoms with Crippen molar-refractivity contribution in [2.45, 2.75) is 10.9 Å². The van der Waals surface area contributed by atoms with Gasteiger partial charge in [0, 0.05) is 7.05 Å². The van der Waals surface area contributed by atoms with Crippen molar-refractivity contribution in [1.29, 1.82) is 0 Å². The van der Waals surface area contributed by atoms with Gasteiger partial charge in [-0.15, -0.1) is 0 Å². The van der Waals surface area contributed by atoms with E-state index in [9.17, 15) is 8.42 Å². The predicted octanol–water partition coefficient (Wildman–Crippen LogP) is 2.42. The summed E-state index contributed by atoms with van der Waals surface area (Å²) >= 11 is 0. The van der Waals surface area contributed by atoms with E-state index in [4.69, 9.17) is 4.74 Å². The maximum Gasteiger partial charge on any atom is 0.244 e. The molecule has 0 aliphatic carbocycles. The molecular formula is C15H15NO3S. The van der Waals surface area contributed by atoms with E-state index in [1.54, 1.807) is 26.3 Å². The molecule has 3 rings (SSSR count). The first kappa shape index (κ1) is 13.1. The molecule has 0 N–H and O–H groups in total. The Kier molecular flexibility index (Phi) is 3.03. The molecule has 1 atom stereocenters. The van der Waals surface area contributed by atoms with Crippen molar-refractivity contribution in [2.75, 3.05) is 14.2 Å². The summed E-state index contributed by atoms with van der Waals surface area (Å²) in [6.45, 7) is 0. The maximum absolute atomic E-state index is 12.4. The summed E-state index contributed by atoms with van der Waals surface area (Å²) in [6.07, 6.45) is 0. The van der Waals surface area contributed by atoms with Crippen molar-refractivity contribution in [3.05, 3.63) is 59.7 Å². The van der Waals surface area contributed by atoms with Gasteiger partial charge in [0.15, 0.2) is 0 Å². The summed E-state index contributed by atoms with van der Waals surface area (Å²) in [6, 6.07) is 14.4. The minimum Gasteiger partial charge on any atom is -0.497 e. The number of benzene rings is 2. The van der Waals surface area contributed by atoms with Crippen molar-refractivity contribution in [2.24, 2.45) is 0 Å². The Labute approximate surface area is 118 Å². The second kappa shape index (κ2) is 4.61. The number of ether oxygens (including phenoxy) is 1. The second-order valence-corrected chi connectivity index (χ2v) is 6.70. The molecular weight excluding hydrogens is 274 g/mol. The third kappa shape index (κ3) is 1.82. The van der Waals surface area contributed by atoms with Gasteiger partial charge in [0.05, 0.1) is 18.0 Å². The van der Waals surface area contributed by atoms with Crippen LogP contribution in [0.5, 0.6) is 5.75 Å². The number of methoxy groups -OCH3 is 1. The van der Waals surface area contributed by atoms with Gasteiger partial charge >= 0.3 is 0 Å². The zero-order chi connectivity index (χ0) is 14.3. The summed E-state index contributed by atoms with van der Waals surface area (Å²) in [5.74, 6) is 0.755. The van der Waals surface area contributed by atoms with Gasteiger partial charge in [0.1, 0.15) is 5.75 Å². The van der Waals surface area contributed by atoms with Crippen LogP contribution in [-0.4, -0.2) is 26.9 Å². The van der Waals surface area contributed by atoms with E-state index in [1.165, 1.54) is 4.31 Å². The van der Waals surface area contributed by atoms with E-state index in [2.05, 4.69) is 0 Å². The highest BCUT2D eigenvalue weighted by molar-refractivity contribution is 7.89. The van der Waals surface area contributed by atoms with E-state index in [1.807, 2.05) is 36.4 Å². The third-order valence-electron chi connectivity index (χ3n) is 3.67. The molecule has 0 aromatic heterocycles. The van der Waals surface area contributed by atoms with Crippen molar-refractivity contribution in [1.82, 2.24) is 4.31 Å². The van der Waals surface area contributed by atoms with Gasteiger partial charge in [-0.05, 0) is 29.3 Å². The van der Waals surface area contributed by atoms with Gasteiger partial charge in [-0.3, -0.25) is 0 Å². The van der Waals surface area contributed by atoms with Crippen LogP contribution in [0.1, 0.15) is 17.2 Å². The molecule has 0 amide bonds. The van der Waals surface area contributed by atoms with E-state index in [0.717, 1.165) is 16.9 Å². The Morgan fingerprint density at radius 2 is 1.70 bits per heavy atom. The average Bonchev–Trinajstić information content (AvgIpc) is 2.67. The molecule has 2 aromatic carbocycles. The normalized spacial score (nSPS) is 20.6. The molecule has 20 heavy (non-hydrogen) atoms. The first-order chi connectivity index (χ1) is 9.55. The third-order valence-corrected chi connectivity index (χ3v) is 5.56. The lowest BCUT2D eigenvalue weighted by Gasteiger charge is -2.19. The molecule has 0 radical (unpaired) electrons. The summed E-state index contributed by atoms with van der Waals surface area (Å²) < 4.78 is 31.3. The predicted molar refractivity (Wildman–Crippen MR) is 76.2 cm³/mol. The van der Waals surface area contributed by atoms with Crippen molar-refractivity contribution in [3.63, 3.8) is 0 Å². The Morgan fingerprint density at radius 3 is 2.35 bits per heavy atom. The monoisotopic (exact) mass is 289 g/mol. The number of rotatable bonds is 2. The van der Waals surface area contributed by atoms with Gasteiger partial charge in [0.2, 0.25) is 10.0 Å². The first-order valence-electron chi connectivity index (χ1n) is 6.26. The highest BCUT2D eigenvalue weighted by Gasteiger charge is 2.40. The largest absolute Gasteiger partial charge is 0.497 e. The summed E-state index contributed by atoms with van der Waals surface area (Å²) in [5, 5.41) is 0. The Hall–Kier alpha value is -1.85. The zero-order valence-electron chi connectivity index (χ0n) is 11.3. The van der Waals surface area contributed by atoms with E-state index in [0.29, 0.717) is 4.90 Å². The maximum atomic E-state index is 12.4. The highest BCUT2D eigenvalue weighted by Crippen LogP contribution is 2.42. The molecule has 1 aliphatic rings. The Bertz CT molecular complexity index is 738. The quantitative estimate of drug-likeness (QED) is 0.853. The summed E-state index contributed by atoms with van der Waals surface area (Å²) in [4.78, 5) is 0.392.